The minimum absolute atomic E-state index is 0.374. The van der Waals surface area contributed by atoms with E-state index in [1.54, 1.807) is 17.1 Å². The number of rotatable bonds is 5. The number of hydrogen-bond donors (Lipinski definition) is 2. The van der Waals surface area contributed by atoms with E-state index >= 15 is 0 Å². The molecule has 96 valence electrons. The van der Waals surface area contributed by atoms with Crippen LogP contribution in [-0.4, -0.2) is 45.0 Å². The molecule has 0 spiro atoms. The Morgan fingerprint density at radius 3 is 3.06 bits per heavy atom. The maximum absolute atomic E-state index is 10.0. The first-order chi connectivity index (χ1) is 8.19. The predicted molar refractivity (Wildman–Crippen MR) is 67.5 cm³/mol. The summed E-state index contributed by atoms with van der Waals surface area (Å²) in [5.74, 6) is 0. The lowest BCUT2D eigenvalue weighted by Gasteiger charge is -2.25. The number of nitrogen functional groups attached to an aromatic ring is 1. The fourth-order valence-electron chi connectivity index (χ4n) is 2.62. The Kier molecular flexibility index (Phi) is 4.02. The number of aliphatic hydroxyl groups is 1. The van der Waals surface area contributed by atoms with E-state index in [0.717, 1.165) is 13.1 Å². The molecule has 1 aromatic heterocycles. The van der Waals surface area contributed by atoms with E-state index in [0.29, 0.717) is 18.3 Å². The van der Waals surface area contributed by atoms with Gasteiger partial charge in [-0.15, -0.1) is 0 Å². The van der Waals surface area contributed by atoms with Crippen LogP contribution < -0.4 is 5.73 Å². The van der Waals surface area contributed by atoms with Crippen molar-refractivity contribution in [3.8, 4) is 0 Å². The van der Waals surface area contributed by atoms with E-state index in [2.05, 4.69) is 16.9 Å². The third kappa shape index (κ3) is 3.20. The van der Waals surface area contributed by atoms with Crippen LogP contribution in [0.1, 0.15) is 26.2 Å². The molecule has 5 heteroatoms. The summed E-state index contributed by atoms with van der Waals surface area (Å²) in [6, 6.07) is 0.646. The highest BCUT2D eigenvalue weighted by Crippen LogP contribution is 2.19. The van der Waals surface area contributed by atoms with Gasteiger partial charge in [-0.1, -0.05) is 6.92 Å². The van der Waals surface area contributed by atoms with Crippen LogP contribution in [0.4, 0.5) is 5.69 Å². The molecule has 0 radical (unpaired) electrons. The van der Waals surface area contributed by atoms with Crippen LogP contribution >= 0.6 is 0 Å². The molecule has 5 nitrogen and oxygen atoms in total. The zero-order valence-corrected chi connectivity index (χ0v) is 10.4. The minimum atomic E-state index is -0.374. The Labute approximate surface area is 102 Å². The molecule has 1 aliphatic rings. The van der Waals surface area contributed by atoms with Gasteiger partial charge in [0.25, 0.3) is 0 Å². The molecule has 1 aromatic rings. The fraction of sp³-hybridized carbons (Fsp3) is 0.750. The van der Waals surface area contributed by atoms with Crippen molar-refractivity contribution < 1.29 is 5.11 Å². The first-order valence-electron chi connectivity index (χ1n) is 6.39. The standard InChI is InChI=1S/C12H22N4O/c1-2-11-4-3-5-15(11)8-12(17)9-16-7-10(13)6-14-16/h6-7,11-12,17H,2-5,8-9,13H2,1H3. The first kappa shape index (κ1) is 12.4. The monoisotopic (exact) mass is 238 g/mol. The largest absolute Gasteiger partial charge is 0.396 e. The summed E-state index contributed by atoms with van der Waals surface area (Å²) in [7, 11) is 0. The maximum atomic E-state index is 10.0. The molecule has 1 fully saturated rings. The number of β-amino-alcohol motifs (C(OH)–C–C–N with tert-alkyl or cyclic N) is 1. The van der Waals surface area contributed by atoms with Crippen molar-refractivity contribution in [2.24, 2.45) is 0 Å². The highest BCUT2D eigenvalue weighted by molar-refractivity contribution is 5.30. The number of nitrogens with zero attached hydrogens (tertiary/aromatic N) is 3. The zero-order valence-electron chi connectivity index (χ0n) is 10.4. The van der Waals surface area contributed by atoms with Crippen LogP contribution in [0.3, 0.4) is 0 Å². The highest BCUT2D eigenvalue weighted by atomic mass is 16.3. The molecular weight excluding hydrogens is 216 g/mol. The molecule has 2 atom stereocenters. The quantitative estimate of drug-likeness (QED) is 0.792. The van der Waals surface area contributed by atoms with Gasteiger partial charge in [0.15, 0.2) is 0 Å². The average Bonchev–Trinajstić information content (AvgIpc) is 2.87. The first-order valence-corrected chi connectivity index (χ1v) is 6.39. The zero-order chi connectivity index (χ0) is 12.3. The maximum Gasteiger partial charge on any atom is 0.0862 e. The average molecular weight is 238 g/mol. The molecule has 1 saturated heterocycles. The second-order valence-corrected chi connectivity index (χ2v) is 4.85. The van der Waals surface area contributed by atoms with Crippen molar-refractivity contribution >= 4 is 5.69 Å². The van der Waals surface area contributed by atoms with Gasteiger partial charge in [-0.25, -0.2) is 0 Å². The third-order valence-corrected chi connectivity index (χ3v) is 3.47. The normalized spacial score (nSPS) is 23.1. The van der Waals surface area contributed by atoms with Crippen LogP contribution in [0.15, 0.2) is 12.4 Å². The summed E-state index contributed by atoms with van der Waals surface area (Å²) < 4.78 is 1.71. The van der Waals surface area contributed by atoms with E-state index in [4.69, 9.17) is 5.73 Å². The van der Waals surface area contributed by atoms with Gasteiger partial charge in [0.2, 0.25) is 0 Å². The molecule has 1 aliphatic heterocycles. The van der Waals surface area contributed by atoms with Crippen LogP contribution in [0, 0.1) is 0 Å². The minimum Gasteiger partial charge on any atom is -0.396 e. The summed E-state index contributed by atoms with van der Waals surface area (Å²) in [5.41, 5.74) is 6.23. The second kappa shape index (κ2) is 5.51. The Morgan fingerprint density at radius 1 is 1.59 bits per heavy atom. The van der Waals surface area contributed by atoms with E-state index in [1.807, 2.05) is 0 Å². The number of likely N-dealkylation sites (tertiary alicyclic amines) is 1. The fourth-order valence-corrected chi connectivity index (χ4v) is 2.62. The summed E-state index contributed by atoms with van der Waals surface area (Å²) in [6.45, 7) is 4.57. The van der Waals surface area contributed by atoms with Gasteiger partial charge >= 0.3 is 0 Å². The molecule has 0 bridgehead atoms. The number of aliphatic hydroxyl groups excluding tert-OH is 1. The summed E-state index contributed by atoms with van der Waals surface area (Å²) in [6.07, 6.45) is 6.67. The van der Waals surface area contributed by atoms with Crippen LogP contribution in [-0.2, 0) is 6.54 Å². The number of aromatic nitrogens is 2. The third-order valence-electron chi connectivity index (χ3n) is 3.47. The van der Waals surface area contributed by atoms with Crippen LogP contribution in [0.25, 0.3) is 0 Å². The lowest BCUT2D eigenvalue weighted by molar-refractivity contribution is 0.0883. The van der Waals surface area contributed by atoms with Crippen molar-refractivity contribution in [1.29, 1.82) is 0 Å². The highest BCUT2D eigenvalue weighted by Gasteiger charge is 2.24. The molecule has 17 heavy (non-hydrogen) atoms. The summed E-state index contributed by atoms with van der Waals surface area (Å²) >= 11 is 0. The van der Waals surface area contributed by atoms with Gasteiger partial charge in [0, 0.05) is 18.8 Å². The SMILES string of the molecule is CCC1CCCN1CC(O)Cn1cc(N)cn1. The lowest BCUT2D eigenvalue weighted by Crippen LogP contribution is -2.37. The van der Waals surface area contributed by atoms with Gasteiger partial charge in [-0.2, -0.15) is 5.10 Å². The summed E-state index contributed by atoms with van der Waals surface area (Å²) in [4.78, 5) is 2.39. The Balaban J connectivity index is 1.82. The number of nitrogens with two attached hydrogens (primary N) is 1. The van der Waals surface area contributed by atoms with Gasteiger partial charge < -0.3 is 10.8 Å². The molecule has 2 heterocycles. The van der Waals surface area contributed by atoms with Crippen molar-refractivity contribution in [2.45, 2.75) is 44.9 Å². The number of anilines is 1. The summed E-state index contributed by atoms with van der Waals surface area (Å²) in [5, 5.41) is 14.1. The molecule has 0 aromatic carbocycles. The smallest absolute Gasteiger partial charge is 0.0862 e. The van der Waals surface area contributed by atoms with Gasteiger partial charge in [-0.3, -0.25) is 9.58 Å². The molecule has 2 unspecified atom stereocenters. The molecule has 0 amide bonds. The topological polar surface area (TPSA) is 67.3 Å². The molecule has 2 rings (SSSR count). The second-order valence-electron chi connectivity index (χ2n) is 4.85. The van der Waals surface area contributed by atoms with Crippen molar-refractivity contribution in [1.82, 2.24) is 14.7 Å². The van der Waals surface area contributed by atoms with Crippen molar-refractivity contribution in [3.63, 3.8) is 0 Å². The molecule has 0 saturated carbocycles. The van der Waals surface area contributed by atoms with Crippen molar-refractivity contribution in [2.75, 3.05) is 18.8 Å². The van der Waals surface area contributed by atoms with E-state index < -0.39 is 0 Å². The van der Waals surface area contributed by atoms with Crippen molar-refractivity contribution in [3.05, 3.63) is 12.4 Å². The van der Waals surface area contributed by atoms with E-state index in [9.17, 15) is 5.11 Å². The van der Waals surface area contributed by atoms with E-state index in [1.165, 1.54) is 19.3 Å². The van der Waals surface area contributed by atoms with Crippen LogP contribution in [0.2, 0.25) is 0 Å². The van der Waals surface area contributed by atoms with Gasteiger partial charge in [-0.05, 0) is 25.8 Å². The van der Waals surface area contributed by atoms with Gasteiger partial charge in [0.05, 0.1) is 24.5 Å². The predicted octanol–water partition coefficient (Wildman–Crippen LogP) is 0.701. The van der Waals surface area contributed by atoms with Gasteiger partial charge in [0.1, 0.15) is 0 Å². The Morgan fingerprint density at radius 2 is 2.41 bits per heavy atom. The Hall–Kier alpha value is -1.07. The Bertz CT molecular complexity index is 352. The molecule has 0 aliphatic carbocycles. The lowest BCUT2D eigenvalue weighted by atomic mass is 10.1. The van der Waals surface area contributed by atoms with E-state index in [-0.39, 0.29) is 6.10 Å². The number of hydrogen-bond acceptors (Lipinski definition) is 4. The molecular formula is C12H22N4O. The molecule has 3 N–H and O–H groups in total. The van der Waals surface area contributed by atoms with Crippen LogP contribution in [0.5, 0.6) is 0 Å².